The Morgan fingerprint density at radius 3 is 2.57 bits per heavy atom. The third kappa shape index (κ3) is 6.49. The fourth-order valence-electron chi connectivity index (χ4n) is 4.88. The van der Waals surface area contributed by atoms with Gasteiger partial charge in [-0.3, -0.25) is 9.78 Å². The third-order valence-corrected chi connectivity index (χ3v) is 7.82. The molecule has 5 rings (SSSR count). The van der Waals surface area contributed by atoms with Gasteiger partial charge in [0.15, 0.2) is 5.17 Å². The van der Waals surface area contributed by atoms with Crippen LogP contribution in [0.4, 0.5) is 0 Å². The quantitative estimate of drug-likeness (QED) is 0.308. The van der Waals surface area contributed by atoms with Crippen molar-refractivity contribution in [1.29, 1.82) is 0 Å². The molecular weight excluding hydrogens is 552 g/mol. The van der Waals surface area contributed by atoms with E-state index in [-0.39, 0.29) is 18.9 Å². The number of methoxy groups -OCH3 is 2. The molecule has 0 saturated heterocycles. The predicted octanol–water partition coefficient (Wildman–Crippen LogP) is 5.17. The largest absolute Gasteiger partial charge is 0.497 e. The van der Waals surface area contributed by atoms with Crippen LogP contribution < -0.4 is 14.8 Å². The maximum absolute atomic E-state index is 13.8. The highest BCUT2D eigenvalue weighted by Gasteiger charge is 2.42. The smallest absolute Gasteiger partial charge is 0.338 e. The van der Waals surface area contributed by atoms with Gasteiger partial charge in [-0.1, -0.05) is 48.2 Å². The van der Waals surface area contributed by atoms with Crippen LogP contribution in [-0.2, 0) is 27.4 Å². The minimum atomic E-state index is -0.659. The Kier molecular flexibility index (Phi) is 9.23. The molecule has 3 heterocycles. The number of ether oxygens (including phenoxy) is 3. The molecule has 0 saturated carbocycles. The summed E-state index contributed by atoms with van der Waals surface area (Å²) in [6.45, 7) is 2.37. The molecular formula is C32H32N4O5S. The highest BCUT2D eigenvalue weighted by Crippen LogP contribution is 2.47. The summed E-state index contributed by atoms with van der Waals surface area (Å²) in [5.41, 5.74) is 4.09. The number of nitrogens with zero attached hydrogens (tertiary/aromatic N) is 3. The van der Waals surface area contributed by atoms with E-state index in [0.29, 0.717) is 52.2 Å². The molecule has 1 N–H and O–H groups in total. The molecule has 10 heteroatoms. The normalized spacial score (nSPS) is 15.9. The van der Waals surface area contributed by atoms with Crippen LogP contribution in [0.3, 0.4) is 0 Å². The van der Waals surface area contributed by atoms with Crippen LogP contribution in [-0.4, -0.2) is 47.7 Å². The van der Waals surface area contributed by atoms with E-state index >= 15 is 0 Å². The fourth-order valence-corrected chi connectivity index (χ4v) is 5.85. The maximum atomic E-state index is 13.8. The molecule has 0 spiro atoms. The number of amides is 1. The summed E-state index contributed by atoms with van der Waals surface area (Å²) in [7, 11) is 3.17. The topological polar surface area (TPSA) is 102 Å². The Labute approximate surface area is 249 Å². The van der Waals surface area contributed by atoms with Crippen molar-refractivity contribution >= 4 is 28.8 Å². The van der Waals surface area contributed by atoms with E-state index in [1.807, 2.05) is 64.9 Å². The van der Waals surface area contributed by atoms with Crippen LogP contribution in [0, 0.1) is 0 Å². The number of carbonyl (C=O) groups excluding carboxylic acids is 2. The Bertz CT molecular complexity index is 1540. The molecule has 0 unspecified atom stereocenters. The van der Waals surface area contributed by atoms with Gasteiger partial charge < -0.3 is 24.4 Å². The van der Waals surface area contributed by atoms with Crippen LogP contribution in [0.15, 0.2) is 100 Å². The zero-order chi connectivity index (χ0) is 29.5. The molecule has 216 valence electrons. The molecule has 9 nitrogen and oxygen atoms in total. The first kappa shape index (κ1) is 28.9. The van der Waals surface area contributed by atoms with Gasteiger partial charge in [-0.25, -0.2) is 9.79 Å². The zero-order valence-corrected chi connectivity index (χ0v) is 24.5. The molecule has 3 aromatic rings. The minimum Gasteiger partial charge on any atom is -0.497 e. The molecule has 42 heavy (non-hydrogen) atoms. The van der Waals surface area contributed by atoms with Gasteiger partial charge in [0.05, 0.1) is 38.0 Å². The number of aromatic nitrogens is 1. The number of carbonyl (C=O) groups is 2. The van der Waals surface area contributed by atoms with E-state index in [4.69, 9.17) is 19.2 Å². The van der Waals surface area contributed by atoms with Crippen LogP contribution in [0.1, 0.15) is 36.2 Å². The van der Waals surface area contributed by atoms with Crippen LogP contribution in [0.5, 0.6) is 11.5 Å². The summed E-state index contributed by atoms with van der Waals surface area (Å²) >= 11 is 1.41. The molecule has 0 fully saturated rings. The minimum absolute atomic E-state index is 0.0996. The standard InChI is InChI=1S/C32H32N4O5S/c1-21-29(31(38)41-19-22-9-5-4-6-10-22)30(26-18-25(39-2)12-13-27(26)40-3)36-24(20-42-32(36)35-21)17-28(37)34-16-14-23-11-7-8-15-33-23/h4-13,15,18,20,30H,14,16-17,19H2,1-3H3,(H,34,37)/t30-/m1/s1. The Hall–Kier alpha value is -4.57. The summed E-state index contributed by atoms with van der Waals surface area (Å²) in [5.74, 6) is 0.536. The first-order valence-corrected chi connectivity index (χ1v) is 14.4. The van der Waals surface area contributed by atoms with Gasteiger partial charge in [-0.05, 0) is 48.2 Å². The summed E-state index contributed by atoms with van der Waals surface area (Å²) in [6, 6.07) is 20.0. The monoisotopic (exact) mass is 584 g/mol. The Balaban J connectivity index is 1.43. The summed E-state index contributed by atoms with van der Waals surface area (Å²) in [4.78, 5) is 37.8. The highest BCUT2D eigenvalue weighted by atomic mass is 32.2. The number of hydrogen-bond donors (Lipinski definition) is 1. The number of nitrogens with one attached hydrogen (secondary N) is 1. The van der Waals surface area contributed by atoms with Crippen molar-refractivity contribution in [2.24, 2.45) is 4.99 Å². The van der Waals surface area contributed by atoms with Crippen LogP contribution in [0.2, 0.25) is 0 Å². The number of benzene rings is 2. The lowest BCUT2D eigenvalue weighted by atomic mass is 9.92. The number of fused-ring (bicyclic) bond motifs is 1. The first-order valence-electron chi connectivity index (χ1n) is 13.5. The number of esters is 1. The Morgan fingerprint density at radius 1 is 1.02 bits per heavy atom. The van der Waals surface area contributed by atoms with Gasteiger partial charge in [-0.15, -0.1) is 0 Å². The predicted molar refractivity (Wildman–Crippen MR) is 162 cm³/mol. The van der Waals surface area contributed by atoms with Gasteiger partial charge in [0.25, 0.3) is 0 Å². The van der Waals surface area contributed by atoms with Crippen molar-refractivity contribution in [2.75, 3.05) is 20.8 Å². The summed E-state index contributed by atoms with van der Waals surface area (Å²) in [5, 5.41) is 5.56. The van der Waals surface area contributed by atoms with E-state index in [1.165, 1.54) is 11.8 Å². The number of rotatable bonds is 11. The maximum Gasteiger partial charge on any atom is 0.338 e. The van der Waals surface area contributed by atoms with Crippen molar-refractivity contribution in [3.8, 4) is 11.5 Å². The SMILES string of the molecule is COc1ccc(OC)c([C@@H]2C(C(=O)OCc3ccccc3)=C(C)N=C3SC=C(CC(=O)NCCc4ccccn4)N32)c1. The molecule has 0 aliphatic carbocycles. The lowest BCUT2D eigenvalue weighted by Gasteiger charge is -2.37. The van der Waals surface area contributed by atoms with Crippen LogP contribution >= 0.6 is 11.8 Å². The molecule has 2 aliphatic heterocycles. The second-order valence-corrected chi connectivity index (χ2v) is 10.5. The summed E-state index contributed by atoms with van der Waals surface area (Å²) in [6.07, 6.45) is 2.46. The van der Waals surface area contributed by atoms with E-state index < -0.39 is 12.0 Å². The van der Waals surface area contributed by atoms with Crippen molar-refractivity contribution in [1.82, 2.24) is 15.2 Å². The van der Waals surface area contributed by atoms with Gasteiger partial charge >= 0.3 is 5.97 Å². The van der Waals surface area contributed by atoms with E-state index in [0.717, 1.165) is 11.3 Å². The molecule has 0 radical (unpaired) electrons. The number of hydrogen-bond acceptors (Lipinski definition) is 9. The van der Waals surface area contributed by atoms with Gasteiger partial charge in [-0.2, -0.15) is 0 Å². The number of aliphatic imine (C=N–C) groups is 1. The van der Waals surface area contributed by atoms with E-state index in [2.05, 4.69) is 10.3 Å². The zero-order valence-electron chi connectivity index (χ0n) is 23.7. The average molecular weight is 585 g/mol. The number of thioether (sulfide) groups is 1. The lowest BCUT2D eigenvalue weighted by molar-refractivity contribution is -0.141. The molecule has 1 amide bonds. The number of amidine groups is 1. The molecule has 0 bridgehead atoms. The average Bonchev–Trinajstić information content (AvgIpc) is 3.41. The van der Waals surface area contributed by atoms with Gasteiger partial charge in [0, 0.05) is 36.1 Å². The Morgan fingerprint density at radius 2 is 1.83 bits per heavy atom. The molecule has 2 aliphatic rings. The van der Waals surface area contributed by atoms with E-state index in [1.54, 1.807) is 39.5 Å². The highest BCUT2D eigenvalue weighted by molar-refractivity contribution is 8.16. The third-order valence-electron chi connectivity index (χ3n) is 6.94. The second-order valence-electron chi connectivity index (χ2n) is 9.66. The van der Waals surface area contributed by atoms with Gasteiger partial charge in [0.1, 0.15) is 18.1 Å². The lowest BCUT2D eigenvalue weighted by Crippen LogP contribution is -2.38. The van der Waals surface area contributed by atoms with Crippen molar-refractivity contribution in [2.45, 2.75) is 32.4 Å². The first-order chi connectivity index (χ1) is 20.5. The van der Waals surface area contributed by atoms with E-state index in [9.17, 15) is 9.59 Å². The molecule has 2 aromatic carbocycles. The van der Waals surface area contributed by atoms with Crippen molar-refractivity contribution in [3.05, 3.63) is 112 Å². The summed E-state index contributed by atoms with van der Waals surface area (Å²) < 4.78 is 17.1. The molecule has 1 atom stereocenters. The van der Waals surface area contributed by atoms with Crippen molar-refractivity contribution < 1.29 is 23.8 Å². The number of allylic oxidation sites excluding steroid dienone is 1. The number of pyridine rings is 1. The second kappa shape index (κ2) is 13.4. The molecule has 1 aromatic heterocycles. The van der Waals surface area contributed by atoms with Gasteiger partial charge in [0.2, 0.25) is 5.91 Å². The van der Waals surface area contributed by atoms with Crippen LogP contribution in [0.25, 0.3) is 0 Å². The van der Waals surface area contributed by atoms with Crippen molar-refractivity contribution in [3.63, 3.8) is 0 Å². The fraction of sp³-hybridized carbons (Fsp3) is 0.250.